The van der Waals surface area contributed by atoms with Crippen LogP contribution in [-0.2, 0) is 0 Å². The van der Waals surface area contributed by atoms with E-state index in [2.05, 4.69) is 107 Å². The van der Waals surface area contributed by atoms with Crippen molar-refractivity contribution in [1.82, 2.24) is 44.9 Å². The molecule has 12 N–H and O–H groups in total. The third kappa shape index (κ3) is 23.3. The molecule has 12 heterocycles. The van der Waals surface area contributed by atoms with Crippen LogP contribution in [0.15, 0.2) is 232 Å². The van der Waals surface area contributed by atoms with Crippen LogP contribution in [0.1, 0.15) is 145 Å². The fraction of sp³-hybridized carbons (Fsp3) is 0.295. The highest BCUT2D eigenvalue weighted by Crippen LogP contribution is 2.31. The van der Waals surface area contributed by atoms with Crippen LogP contribution < -0.4 is 84.4 Å². The number of pyridine rings is 7. The molecule has 4 aromatic carbocycles. The molecule has 0 spiro atoms. The Morgan fingerprint density at radius 1 is 0.339 bits per heavy atom. The van der Waals surface area contributed by atoms with Crippen LogP contribution in [0.2, 0.25) is 0 Å². The number of benzene rings is 4. The number of amides is 4. The van der Waals surface area contributed by atoms with Gasteiger partial charge in [0.25, 0.3) is 45.9 Å². The number of aromatic nitrogens is 9. The van der Waals surface area contributed by atoms with E-state index in [1.54, 1.807) is 106 Å². The Bertz CT molecular complexity index is 5560. The number of piperidine rings is 4. The third-order valence-electron chi connectivity index (χ3n) is 22.0. The van der Waals surface area contributed by atoms with Crippen molar-refractivity contribution in [3.63, 3.8) is 0 Å². The number of H-pyrrole nitrogens is 4. The molecule has 0 atom stereocenters. The molecule has 8 aromatic heterocycles. The predicted molar refractivity (Wildman–Crippen MR) is 495 cm³/mol. The van der Waals surface area contributed by atoms with Gasteiger partial charge in [-0.25, -0.2) is 24.9 Å². The molecule has 0 radical (unpaired) electrons. The van der Waals surface area contributed by atoms with Gasteiger partial charge in [0.2, 0.25) is 0 Å². The minimum Gasteiger partial charge on any atom is -0.373 e. The Hall–Kier alpha value is -14.5. The van der Waals surface area contributed by atoms with Crippen LogP contribution in [-0.4, -0.2) is 147 Å². The second-order valence-electron chi connectivity index (χ2n) is 31.4. The first-order valence-electron chi connectivity index (χ1n) is 42.6. The van der Waals surface area contributed by atoms with Gasteiger partial charge < -0.3 is 82.1 Å². The summed E-state index contributed by atoms with van der Waals surface area (Å²) in [6.45, 7) is 12.5. The van der Waals surface area contributed by atoms with E-state index in [0.717, 1.165) is 104 Å². The molecule has 0 unspecified atom stereocenters. The molecule has 4 amide bonds. The number of nitrogens with one attached hydrogen (secondary N) is 12. The quantitative estimate of drug-likeness (QED) is 0.0300. The van der Waals surface area contributed by atoms with Crippen molar-refractivity contribution < 1.29 is 19.2 Å². The van der Waals surface area contributed by atoms with E-state index in [0.29, 0.717) is 67.9 Å². The van der Waals surface area contributed by atoms with E-state index in [4.69, 9.17) is 0 Å². The van der Waals surface area contributed by atoms with Crippen LogP contribution in [0, 0.1) is 0 Å². The summed E-state index contributed by atoms with van der Waals surface area (Å²) in [4.78, 5) is 142. The van der Waals surface area contributed by atoms with Crippen molar-refractivity contribution in [2.45, 2.75) is 116 Å². The van der Waals surface area contributed by atoms with Gasteiger partial charge in [0, 0.05) is 177 Å². The zero-order chi connectivity index (χ0) is 86.3. The first-order chi connectivity index (χ1) is 60.4. The normalized spacial score (nSPS) is 14.3. The van der Waals surface area contributed by atoms with Crippen LogP contribution in [0.3, 0.4) is 0 Å². The third-order valence-corrected chi connectivity index (χ3v) is 22.0. The fourth-order valence-corrected chi connectivity index (χ4v) is 15.0. The Morgan fingerprint density at radius 2 is 0.629 bits per heavy atom. The minimum atomic E-state index is -0.375. The molecule has 17 rings (SSSR count). The summed E-state index contributed by atoms with van der Waals surface area (Å²) >= 11 is 0. The molecule has 12 aromatic rings. The van der Waals surface area contributed by atoms with Gasteiger partial charge in [-0.15, -0.1) is 0 Å². The van der Waals surface area contributed by atoms with Gasteiger partial charge in [-0.2, -0.15) is 0 Å². The lowest BCUT2D eigenvalue weighted by molar-refractivity contribution is 0.101. The molecule has 29 heteroatoms. The topological polar surface area (TPSA) is 373 Å². The number of hydrogen-bond acceptors (Lipinski definition) is 21. The van der Waals surface area contributed by atoms with Crippen molar-refractivity contribution in [2.24, 2.45) is 0 Å². The van der Waals surface area contributed by atoms with Crippen molar-refractivity contribution in [3.05, 3.63) is 277 Å². The summed E-state index contributed by atoms with van der Waals surface area (Å²) in [5.74, 6) is 1.67. The average molecular weight is 1670 g/mol. The minimum absolute atomic E-state index is 0.169. The highest BCUT2D eigenvalue weighted by Gasteiger charge is 2.24. The molecule has 29 nitrogen and oxygen atoms in total. The molecular formula is C95H105N21O8. The van der Waals surface area contributed by atoms with Gasteiger partial charge in [-0.3, -0.25) is 38.4 Å². The van der Waals surface area contributed by atoms with Crippen molar-refractivity contribution in [2.75, 3.05) is 129 Å². The Labute approximate surface area is 718 Å². The van der Waals surface area contributed by atoms with Gasteiger partial charge >= 0.3 is 0 Å². The summed E-state index contributed by atoms with van der Waals surface area (Å²) < 4.78 is 0. The summed E-state index contributed by atoms with van der Waals surface area (Å²) in [7, 11) is 3.56. The molecule has 5 fully saturated rings. The predicted octanol–water partition coefficient (Wildman–Crippen LogP) is 15.6. The largest absolute Gasteiger partial charge is 0.373 e. The molecule has 4 saturated heterocycles. The molecule has 1 aliphatic carbocycles. The van der Waals surface area contributed by atoms with E-state index in [1.165, 1.54) is 96.2 Å². The van der Waals surface area contributed by atoms with Gasteiger partial charge in [-0.05, 0) is 261 Å². The van der Waals surface area contributed by atoms with Gasteiger partial charge in [-0.1, -0.05) is 18.2 Å². The van der Waals surface area contributed by atoms with E-state index >= 15 is 0 Å². The second kappa shape index (κ2) is 41.6. The van der Waals surface area contributed by atoms with Crippen LogP contribution in [0.4, 0.5) is 68.8 Å². The summed E-state index contributed by atoms with van der Waals surface area (Å²) in [5.41, 5.74) is 11.4. The number of hydrogen-bond donors (Lipinski definition) is 12. The maximum Gasteiger partial charge on any atom is 0.271 e. The highest BCUT2D eigenvalue weighted by molar-refractivity contribution is 6.07. The molecule has 5 aliphatic rings. The molecule has 638 valence electrons. The number of anilines is 12. The van der Waals surface area contributed by atoms with Crippen LogP contribution in [0.25, 0.3) is 45.0 Å². The van der Waals surface area contributed by atoms with Crippen molar-refractivity contribution in [1.29, 1.82) is 0 Å². The zero-order valence-corrected chi connectivity index (χ0v) is 70.2. The first-order valence-corrected chi connectivity index (χ1v) is 42.6. The van der Waals surface area contributed by atoms with Gasteiger partial charge in [0.15, 0.2) is 0 Å². The maximum absolute atomic E-state index is 12.8. The zero-order valence-electron chi connectivity index (χ0n) is 70.2. The summed E-state index contributed by atoms with van der Waals surface area (Å²) in [5, 5.41) is 23.5. The van der Waals surface area contributed by atoms with Crippen molar-refractivity contribution >= 4 is 92.4 Å². The molecule has 124 heavy (non-hydrogen) atoms. The van der Waals surface area contributed by atoms with E-state index in [9.17, 15) is 38.4 Å². The number of nitrogens with zero attached hydrogens (tertiary/aromatic N) is 9. The SMILES string of the molecule is CC(C)Nc1cccc(-c2c[nH]c(=O)c(NC(=O)c3ccc(N4CCCCC4)cc3)c2)n1.CNc1cc(-c2c[nH]c(=O)c(NC(=O)c3ccc(N4CCCCC4)cc3)c2)ncn1.CNc1cccc(-c2c[nH]c(=O)c(NC(=O)c3ccc(N4CCCCC4)cc3)c2)n1.O=C(Nc1cc(-c2cccc(NC3CC3)n2)c[nH]c1=O)c1ccc(N2CCCCC2)cc1. The monoisotopic (exact) mass is 1670 g/mol. The summed E-state index contributed by atoms with van der Waals surface area (Å²) in [6, 6.07) is 56.2. The first kappa shape index (κ1) is 85.9. The molecular weight excluding hydrogens is 1560 g/mol. The van der Waals surface area contributed by atoms with Crippen LogP contribution >= 0.6 is 0 Å². The fourth-order valence-electron chi connectivity index (χ4n) is 15.0. The Kier molecular flexibility index (Phi) is 28.8. The lowest BCUT2D eigenvalue weighted by Gasteiger charge is -2.28. The highest BCUT2D eigenvalue weighted by atomic mass is 16.2. The van der Waals surface area contributed by atoms with E-state index in [-0.39, 0.29) is 74.7 Å². The van der Waals surface area contributed by atoms with E-state index < -0.39 is 0 Å². The lowest BCUT2D eigenvalue weighted by Crippen LogP contribution is -2.29. The summed E-state index contributed by atoms with van der Waals surface area (Å²) in [6.07, 6.45) is 24.9. The maximum atomic E-state index is 12.8. The number of carbonyl (C=O) groups is 4. The Morgan fingerprint density at radius 3 is 0.935 bits per heavy atom. The lowest BCUT2D eigenvalue weighted by atomic mass is 10.1. The standard InChI is InChI=1S/C25H27N5O2.C25H29N5O2.C23H25N5O2.C22H24N6O2/c31-24(17-7-11-20(12-8-17)30-13-2-1-3-14-30)29-22-15-18(16-26-25(22)32)21-5-4-6-23(28-21)27-19-9-10-19;1-17(2)27-23-8-6-7-21(28-23)19-15-22(25(32)26-16-19)29-24(31)18-9-11-20(12-10-18)30-13-4-3-5-14-30;1-24-21-7-5-6-19(26-21)17-14-20(23(30)25-15-17)27-22(29)16-8-10-18(11-9-16)28-12-3-2-4-13-28;1-23-20-12-18(25-14-26-20)16-11-19(22(30)24-13-16)27-21(29)15-5-7-17(8-6-15)28-9-3-2-4-10-28/h4-8,11-12,15-16,19H,1-3,9-10,13-14H2,(H,26,32)(H,27,28)(H,29,31);6-12,15-17H,3-5,13-14H2,1-2H3,(H,26,32)(H,27,28)(H,29,31);5-11,14-15H,2-4,12-13H2,1H3,(H,24,26)(H,25,30)(H,27,29);5-8,11-14H,2-4,9-10H2,1H3,(H,24,30)(H,27,29)(H,23,25,26). The average Bonchev–Trinajstić information content (AvgIpc) is 1.12. The molecule has 0 bridgehead atoms. The van der Waals surface area contributed by atoms with Crippen molar-refractivity contribution in [3.8, 4) is 45.0 Å². The van der Waals surface area contributed by atoms with Gasteiger partial charge in [0.05, 0.1) is 22.8 Å². The second-order valence-corrected chi connectivity index (χ2v) is 31.4. The molecule has 1 saturated carbocycles. The Balaban J connectivity index is 0.000000135. The molecule has 4 aliphatic heterocycles. The number of aromatic amines is 4. The van der Waals surface area contributed by atoms with Gasteiger partial charge in [0.1, 0.15) is 52.3 Å². The van der Waals surface area contributed by atoms with E-state index in [1.807, 2.05) is 129 Å². The number of rotatable bonds is 22. The number of carbonyl (C=O) groups excluding carboxylic acids is 4. The van der Waals surface area contributed by atoms with Crippen LogP contribution in [0.5, 0.6) is 0 Å². The smallest absolute Gasteiger partial charge is 0.271 e.